The Kier molecular flexibility index (Phi) is 9.65. The first-order valence-corrected chi connectivity index (χ1v) is 11.7. The highest BCUT2D eigenvalue weighted by Crippen LogP contribution is 2.18. The Hall–Kier alpha value is -3.66. The van der Waals surface area contributed by atoms with Crippen LogP contribution in [0, 0.1) is 0 Å². The van der Waals surface area contributed by atoms with E-state index in [2.05, 4.69) is 20.7 Å². The standard InChI is InChI=1S/C24H26N4O5S/c1-3-32-23(30)19-11-7-18(8-12-19)15-25-26-21(29)16-34-24-28-27-22(33-24)6-4-5-17-9-13-20(31-2)14-10-17/h7-15H,3-6,16H2,1-2H3,(H,26,29)/b25-15-. The first-order chi connectivity index (χ1) is 16.6. The van der Waals surface area contributed by atoms with Gasteiger partial charge in [-0.1, -0.05) is 36.0 Å². The third-order valence-corrected chi connectivity index (χ3v) is 5.43. The highest BCUT2D eigenvalue weighted by atomic mass is 32.2. The van der Waals surface area contributed by atoms with Crippen LogP contribution < -0.4 is 10.2 Å². The van der Waals surface area contributed by atoms with Crippen LogP contribution in [0.3, 0.4) is 0 Å². The Morgan fingerprint density at radius 3 is 2.56 bits per heavy atom. The van der Waals surface area contributed by atoms with Gasteiger partial charge in [0.05, 0.1) is 31.2 Å². The fourth-order valence-electron chi connectivity index (χ4n) is 2.89. The SMILES string of the molecule is CCOC(=O)c1ccc(/C=N\NC(=O)CSc2nnc(CCCc3ccc(OC)cc3)o2)cc1. The Bertz CT molecular complexity index is 1100. The number of hydrogen-bond acceptors (Lipinski definition) is 9. The molecule has 1 aromatic heterocycles. The molecule has 3 rings (SSSR count). The average molecular weight is 483 g/mol. The Balaban J connectivity index is 1.36. The van der Waals surface area contributed by atoms with Gasteiger partial charge in [0.15, 0.2) is 0 Å². The number of nitrogens with zero attached hydrogens (tertiary/aromatic N) is 3. The molecule has 0 spiro atoms. The van der Waals surface area contributed by atoms with E-state index in [0.717, 1.165) is 35.9 Å². The Morgan fingerprint density at radius 2 is 1.85 bits per heavy atom. The average Bonchev–Trinajstić information content (AvgIpc) is 3.31. The number of methoxy groups -OCH3 is 1. The second-order valence-corrected chi connectivity index (χ2v) is 8.01. The van der Waals surface area contributed by atoms with Crippen molar-refractivity contribution >= 4 is 29.9 Å². The molecule has 10 heteroatoms. The molecule has 0 aliphatic heterocycles. The quantitative estimate of drug-likeness (QED) is 0.180. The predicted molar refractivity (Wildman–Crippen MR) is 128 cm³/mol. The molecular weight excluding hydrogens is 456 g/mol. The molecular formula is C24H26N4O5S. The summed E-state index contributed by atoms with van der Waals surface area (Å²) in [5, 5.41) is 12.3. The van der Waals surface area contributed by atoms with Crippen molar-refractivity contribution in [3.63, 3.8) is 0 Å². The molecule has 0 bridgehead atoms. The number of amides is 1. The number of benzene rings is 2. The lowest BCUT2D eigenvalue weighted by atomic mass is 10.1. The smallest absolute Gasteiger partial charge is 0.338 e. The van der Waals surface area contributed by atoms with Gasteiger partial charge in [0.2, 0.25) is 5.89 Å². The lowest BCUT2D eigenvalue weighted by Crippen LogP contribution is -2.19. The molecule has 178 valence electrons. The van der Waals surface area contributed by atoms with E-state index in [0.29, 0.717) is 29.7 Å². The summed E-state index contributed by atoms with van der Waals surface area (Å²) in [5.74, 6) is 0.788. The third-order valence-electron chi connectivity index (χ3n) is 4.61. The molecule has 1 heterocycles. The van der Waals surface area contributed by atoms with Gasteiger partial charge in [0.25, 0.3) is 11.1 Å². The van der Waals surface area contributed by atoms with Gasteiger partial charge in [-0.05, 0) is 55.2 Å². The van der Waals surface area contributed by atoms with Crippen molar-refractivity contribution in [3.05, 3.63) is 71.1 Å². The fraction of sp³-hybridized carbons (Fsp3) is 0.292. The first kappa shape index (κ1) is 25.0. The monoisotopic (exact) mass is 482 g/mol. The maximum absolute atomic E-state index is 12.0. The van der Waals surface area contributed by atoms with Crippen LogP contribution in [-0.4, -0.2) is 47.8 Å². The number of rotatable bonds is 12. The first-order valence-electron chi connectivity index (χ1n) is 10.7. The molecule has 3 aromatic rings. The zero-order chi connectivity index (χ0) is 24.2. The van der Waals surface area contributed by atoms with Gasteiger partial charge in [0, 0.05) is 6.42 Å². The molecule has 0 saturated heterocycles. The largest absolute Gasteiger partial charge is 0.497 e. The van der Waals surface area contributed by atoms with Crippen LogP contribution >= 0.6 is 11.8 Å². The summed E-state index contributed by atoms with van der Waals surface area (Å²) in [6.45, 7) is 2.07. The van der Waals surface area contributed by atoms with Gasteiger partial charge < -0.3 is 13.9 Å². The molecule has 9 nitrogen and oxygen atoms in total. The Labute approximate surface area is 201 Å². The van der Waals surface area contributed by atoms with Crippen LogP contribution in [0.5, 0.6) is 5.75 Å². The zero-order valence-electron chi connectivity index (χ0n) is 19.0. The van der Waals surface area contributed by atoms with E-state index in [1.165, 1.54) is 11.8 Å². The molecule has 1 N–H and O–H groups in total. The minimum absolute atomic E-state index is 0.0899. The highest BCUT2D eigenvalue weighted by Gasteiger charge is 2.10. The zero-order valence-corrected chi connectivity index (χ0v) is 19.8. The third kappa shape index (κ3) is 8.04. The van der Waals surface area contributed by atoms with E-state index in [9.17, 15) is 9.59 Å². The van der Waals surface area contributed by atoms with Gasteiger partial charge in [-0.15, -0.1) is 10.2 Å². The number of hydrazone groups is 1. The van der Waals surface area contributed by atoms with Gasteiger partial charge in [-0.25, -0.2) is 10.2 Å². The minimum Gasteiger partial charge on any atom is -0.497 e. The van der Waals surface area contributed by atoms with E-state index >= 15 is 0 Å². The Morgan fingerprint density at radius 1 is 1.09 bits per heavy atom. The number of thioether (sulfide) groups is 1. The molecule has 0 fully saturated rings. The second-order valence-electron chi connectivity index (χ2n) is 7.09. The number of hydrogen-bond donors (Lipinski definition) is 1. The van der Waals surface area contributed by atoms with Crippen LogP contribution in [0.1, 0.15) is 40.7 Å². The van der Waals surface area contributed by atoms with E-state index in [4.69, 9.17) is 13.9 Å². The molecule has 2 aromatic carbocycles. The van der Waals surface area contributed by atoms with E-state index in [-0.39, 0.29) is 17.6 Å². The maximum atomic E-state index is 12.0. The molecule has 0 saturated carbocycles. The van der Waals surface area contributed by atoms with Crippen molar-refractivity contribution in [3.8, 4) is 5.75 Å². The van der Waals surface area contributed by atoms with Crippen molar-refractivity contribution in [2.24, 2.45) is 5.10 Å². The molecule has 0 atom stereocenters. The molecule has 34 heavy (non-hydrogen) atoms. The molecule has 0 aliphatic carbocycles. The summed E-state index contributed by atoms with van der Waals surface area (Å²) in [6, 6.07) is 14.7. The molecule has 0 unspecified atom stereocenters. The minimum atomic E-state index is -0.377. The summed E-state index contributed by atoms with van der Waals surface area (Å²) < 4.78 is 15.7. The summed E-state index contributed by atoms with van der Waals surface area (Å²) >= 11 is 1.15. The van der Waals surface area contributed by atoms with Crippen molar-refractivity contribution in [2.75, 3.05) is 19.5 Å². The van der Waals surface area contributed by atoms with Gasteiger partial charge >= 0.3 is 5.97 Å². The van der Waals surface area contributed by atoms with Crippen LogP contribution in [-0.2, 0) is 22.4 Å². The molecule has 1 amide bonds. The molecule has 0 aliphatic rings. The summed E-state index contributed by atoms with van der Waals surface area (Å²) in [5.41, 5.74) is 4.85. The van der Waals surface area contributed by atoms with Crippen LogP contribution in [0.15, 0.2) is 63.3 Å². The van der Waals surface area contributed by atoms with E-state index < -0.39 is 0 Å². The van der Waals surface area contributed by atoms with Gasteiger partial charge in [-0.2, -0.15) is 5.10 Å². The van der Waals surface area contributed by atoms with Crippen LogP contribution in [0.2, 0.25) is 0 Å². The van der Waals surface area contributed by atoms with Gasteiger partial charge in [-0.3, -0.25) is 4.79 Å². The van der Waals surface area contributed by atoms with Crippen LogP contribution in [0.25, 0.3) is 0 Å². The van der Waals surface area contributed by atoms with E-state index in [1.807, 2.05) is 24.3 Å². The van der Waals surface area contributed by atoms with Crippen molar-refractivity contribution in [1.29, 1.82) is 0 Å². The van der Waals surface area contributed by atoms with Crippen molar-refractivity contribution in [1.82, 2.24) is 15.6 Å². The number of carbonyl (C=O) groups is 2. The van der Waals surface area contributed by atoms with Crippen molar-refractivity contribution in [2.45, 2.75) is 31.4 Å². The van der Waals surface area contributed by atoms with Crippen molar-refractivity contribution < 1.29 is 23.5 Å². The number of aryl methyl sites for hydroxylation is 2. The van der Waals surface area contributed by atoms with E-state index in [1.54, 1.807) is 38.3 Å². The second kappa shape index (κ2) is 13.1. The summed E-state index contributed by atoms with van der Waals surface area (Å²) in [7, 11) is 1.65. The fourth-order valence-corrected chi connectivity index (χ4v) is 3.46. The lowest BCUT2D eigenvalue weighted by molar-refractivity contribution is -0.118. The number of esters is 1. The normalized spacial score (nSPS) is 10.9. The maximum Gasteiger partial charge on any atom is 0.338 e. The summed E-state index contributed by atoms with van der Waals surface area (Å²) in [4.78, 5) is 23.6. The van der Waals surface area contributed by atoms with Gasteiger partial charge in [0.1, 0.15) is 5.75 Å². The van der Waals surface area contributed by atoms with Crippen LogP contribution in [0.4, 0.5) is 0 Å². The lowest BCUT2D eigenvalue weighted by Gasteiger charge is -2.02. The molecule has 0 radical (unpaired) electrons. The summed E-state index contributed by atoms with van der Waals surface area (Å²) in [6.07, 6.45) is 3.91. The number of nitrogens with one attached hydrogen (secondary N) is 1. The number of ether oxygens (including phenoxy) is 2. The number of carbonyl (C=O) groups excluding carboxylic acids is 2. The highest BCUT2D eigenvalue weighted by molar-refractivity contribution is 7.99. The number of aromatic nitrogens is 2. The topological polar surface area (TPSA) is 116 Å². The predicted octanol–water partition coefficient (Wildman–Crippen LogP) is 3.67.